The van der Waals surface area contributed by atoms with Gasteiger partial charge in [-0.1, -0.05) is 30.0 Å². The third-order valence-corrected chi connectivity index (χ3v) is 3.82. The largest absolute Gasteiger partial charge is 0.348 e. The van der Waals surface area contributed by atoms with Gasteiger partial charge in [0.2, 0.25) is 5.91 Å². The molecular weight excluding hydrogens is 284 g/mol. The van der Waals surface area contributed by atoms with Gasteiger partial charge < -0.3 is 10.3 Å². The Morgan fingerprint density at radius 2 is 2.05 bits per heavy atom. The lowest BCUT2D eigenvalue weighted by molar-refractivity contribution is -0.118. The number of para-hydroxylation sites is 2. The van der Waals surface area contributed by atoms with Crippen LogP contribution in [0, 0.1) is 0 Å². The van der Waals surface area contributed by atoms with Crippen molar-refractivity contribution in [3.8, 4) is 0 Å². The molecule has 6 heteroatoms. The van der Waals surface area contributed by atoms with Crippen LogP contribution < -0.4 is 5.32 Å². The van der Waals surface area contributed by atoms with E-state index in [9.17, 15) is 4.79 Å². The number of carbonyl (C=O) groups is 1. The van der Waals surface area contributed by atoms with E-state index in [1.165, 1.54) is 11.8 Å². The molecule has 0 spiro atoms. The first-order valence-electron chi connectivity index (χ1n) is 6.55. The third-order valence-electron chi connectivity index (χ3n) is 2.88. The van der Waals surface area contributed by atoms with E-state index >= 15 is 0 Å². The molecule has 0 aliphatic heterocycles. The van der Waals surface area contributed by atoms with E-state index in [0.717, 1.165) is 21.9 Å². The number of fused-ring (bicyclic) bond motifs is 1. The minimum atomic E-state index is -0.0360. The first kappa shape index (κ1) is 13.6. The van der Waals surface area contributed by atoms with Crippen molar-refractivity contribution < 1.29 is 4.79 Å². The van der Waals surface area contributed by atoms with Crippen LogP contribution in [0.3, 0.4) is 0 Å². The van der Waals surface area contributed by atoms with E-state index in [1.54, 1.807) is 6.20 Å². The highest BCUT2D eigenvalue weighted by molar-refractivity contribution is 7.99. The second kappa shape index (κ2) is 6.41. The molecule has 3 rings (SSSR count). The zero-order valence-electron chi connectivity index (χ0n) is 11.2. The summed E-state index contributed by atoms with van der Waals surface area (Å²) >= 11 is 1.41. The molecule has 0 unspecified atom stereocenters. The fraction of sp³-hybridized carbons (Fsp3) is 0.133. The molecule has 0 fully saturated rings. The zero-order chi connectivity index (χ0) is 14.5. The van der Waals surface area contributed by atoms with E-state index < -0.39 is 0 Å². The fourth-order valence-corrected chi connectivity index (χ4v) is 2.59. The average Bonchev–Trinajstić information content (AvgIpc) is 2.95. The van der Waals surface area contributed by atoms with Gasteiger partial charge in [0, 0.05) is 6.20 Å². The summed E-state index contributed by atoms with van der Waals surface area (Å²) in [4.78, 5) is 23.6. The van der Waals surface area contributed by atoms with Gasteiger partial charge in [-0.3, -0.25) is 4.79 Å². The quantitative estimate of drug-likeness (QED) is 0.709. The molecule has 0 saturated heterocycles. The van der Waals surface area contributed by atoms with Gasteiger partial charge in [0.1, 0.15) is 5.82 Å². The molecule has 2 N–H and O–H groups in total. The molecule has 2 heterocycles. The maximum Gasteiger partial charge on any atom is 0.230 e. The fourth-order valence-electron chi connectivity index (χ4n) is 1.89. The summed E-state index contributed by atoms with van der Waals surface area (Å²) in [5.74, 6) is 1.07. The molecule has 21 heavy (non-hydrogen) atoms. The first-order chi connectivity index (χ1) is 10.3. The van der Waals surface area contributed by atoms with Crippen molar-refractivity contribution in [1.82, 2.24) is 20.3 Å². The number of H-pyrrole nitrogens is 1. The van der Waals surface area contributed by atoms with E-state index in [-0.39, 0.29) is 5.91 Å². The van der Waals surface area contributed by atoms with Gasteiger partial charge in [0.05, 0.1) is 28.4 Å². The summed E-state index contributed by atoms with van der Waals surface area (Å²) in [5.41, 5.74) is 1.88. The van der Waals surface area contributed by atoms with E-state index in [2.05, 4.69) is 20.3 Å². The van der Waals surface area contributed by atoms with Crippen LogP contribution in [-0.4, -0.2) is 26.6 Å². The van der Waals surface area contributed by atoms with Crippen molar-refractivity contribution in [3.05, 3.63) is 54.5 Å². The molecular formula is C15H14N4OS. The molecule has 0 bridgehead atoms. The number of nitrogens with one attached hydrogen (secondary N) is 2. The second-order valence-electron chi connectivity index (χ2n) is 4.43. The number of nitrogens with zero attached hydrogens (tertiary/aromatic N) is 2. The highest BCUT2D eigenvalue weighted by Gasteiger charge is 2.06. The molecule has 2 aromatic heterocycles. The van der Waals surface area contributed by atoms with Crippen molar-refractivity contribution in [2.45, 2.75) is 11.6 Å². The van der Waals surface area contributed by atoms with Crippen LogP contribution in [0.5, 0.6) is 0 Å². The van der Waals surface area contributed by atoms with Gasteiger partial charge in [-0.2, -0.15) is 0 Å². The molecule has 1 aromatic carbocycles. The maximum absolute atomic E-state index is 11.8. The number of carbonyl (C=O) groups excluding carboxylic acids is 1. The van der Waals surface area contributed by atoms with Crippen LogP contribution in [0.4, 0.5) is 0 Å². The lowest BCUT2D eigenvalue weighted by Crippen LogP contribution is -2.25. The molecule has 5 nitrogen and oxygen atoms in total. The number of hydrogen-bond donors (Lipinski definition) is 2. The van der Waals surface area contributed by atoms with Crippen molar-refractivity contribution in [1.29, 1.82) is 0 Å². The van der Waals surface area contributed by atoms with Gasteiger partial charge in [0.25, 0.3) is 0 Å². The Morgan fingerprint density at radius 3 is 2.86 bits per heavy atom. The monoisotopic (exact) mass is 298 g/mol. The van der Waals surface area contributed by atoms with E-state index in [4.69, 9.17) is 0 Å². The molecule has 106 valence electrons. The Bertz CT molecular complexity index is 709. The normalized spacial score (nSPS) is 10.7. The van der Waals surface area contributed by atoms with Crippen LogP contribution in [-0.2, 0) is 11.3 Å². The predicted octanol–water partition coefficient (Wildman–Crippen LogP) is 2.37. The highest BCUT2D eigenvalue weighted by atomic mass is 32.2. The summed E-state index contributed by atoms with van der Waals surface area (Å²) in [6, 6.07) is 13.4. The van der Waals surface area contributed by atoms with Gasteiger partial charge >= 0.3 is 0 Å². The number of rotatable bonds is 5. The van der Waals surface area contributed by atoms with Crippen LogP contribution in [0.15, 0.2) is 53.7 Å². The Morgan fingerprint density at radius 1 is 1.19 bits per heavy atom. The Hall–Kier alpha value is -2.34. The van der Waals surface area contributed by atoms with Crippen molar-refractivity contribution in [3.63, 3.8) is 0 Å². The van der Waals surface area contributed by atoms with Crippen LogP contribution in [0.2, 0.25) is 0 Å². The maximum atomic E-state index is 11.8. The molecule has 0 aliphatic carbocycles. The van der Waals surface area contributed by atoms with Gasteiger partial charge in [-0.05, 0) is 24.3 Å². The molecule has 3 aromatic rings. The Labute approximate surface area is 126 Å². The second-order valence-corrected chi connectivity index (χ2v) is 5.43. The number of aromatic amines is 1. The summed E-state index contributed by atoms with van der Waals surface area (Å²) in [5, 5.41) is 3.69. The van der Waals surface area contributed by atoms with Gasteiger partial charge in [0.15, 0.2) is 0 Å². The third kappa shape index (κ3) is 3.61. The smallest absolute Gasteiger partial charge is 0.230 e. The number of imidazole rings is 1. The van der Waals surface area contributed by atoms with Crippen molar-refractivity contribution >= 4 is 28.7 Å². The number of benzene rings is 1. The van der Waals surface area contributed by atoms with E-state index in [1.807, 2.05) is 42.5 Å². The van der Waals surface area contributed by atoms with Crippen molar-refractivity contribution in [2.24, 2.45) is 0 Å². The van der Waals surface area contributed by atoms with E-state index in [0.29, 0.717) is 12.3 Å². The lowest BCUT2D eigenvalue weighted by atomic mass is 10.3. The predicted molar refractivity (Wildman–Crippen MR) is 82.9 cm³/mol. The Kier molecular flexibility index (Phi) is 4.16. The van der Waals surface area contributed by atoms with Crippen LogP contribution >= 0.6 is 11.8 Å². The molecule has 0 radical (unpaired) electrons. The summed E-state index contributed by atoms with van der Waals surface area (Å²) < 4.78 is 0. The van der Waals surface area contributed by atoms with Crippen LogP contribution in [0.1, 0.15) is 5.82 Å². The van der Waals surface area contributed by atoms with Gasteiger partial charge in [-0.15, -0.1) is 0 Å². The molecule has 0 aliphatic rings. The Balaban J connectivity index is 1.51. The minimum absolute atomic E-state index is 0.0360. The number of aromatic nitrogens is 3. The number of thioether (sulfide) groups is 1. The summed E-state index contributed by atoms with van der Waals surface area (Å²) in [7, 11) is 0. The SMILES string of the molecule is O=C(CSc1ccccn1)NCc1nc2ccccc2[nH]1. The number of amides is 1. The standard InChI is InChI=1S/C15H14N4OS/c20-14(10-21-15-7-3-4-8-16-15)17-9-13-18-11-5-1-2-6-12(11)19-13/h1-8H,9-10H2,(H,17,20)(H,18,19). The summed E-state index contributed by atoms with van der Waals surface area (Å²) in [6.45, 7) is 0.399. The zero-order valence-corrected chi connectivity index (χ0v) is 12.1. The topological polar surface area (TPSA) is 70.7 Å². The minimum Gasteiger partial charge on any atom is -0.348 e. The first-order valence-corrected chi connectivity index (χ1v) is 7.54. The highest BCUT2D eigenvalue weighted by Crippen LogP contribution is 2.13. The summed E-state index contributed by atoms with van der Waals surface area (Å²) in [6.07, 6.45) is 1.72. The molecule has 0 saturated carbocycles. The molecule has 0 atom stereocenters. The molecule has 1 amide bonds. The van der Waals surface area contributed by atoms with Gasteiger partial charge in [-0.25, -0.2) is 9.97 Å². The lowest BCUT2D eigenvalue weighted by Gasteiger charge is -2.02. The van der Waals surface area contributed by atoms with Crippen LogP contribution in [0.25, 0.3) is 11.0 Å². The average molecular weight is 298 g/mol. The number of pyridine rings is 1. The number of hydrogen-bond acceptors (Lipinski definition) is 4. The van der Waals surface area contributed by atoms with Crippen molar-refractivity contribution in [2.75, 3.05) is 5.75 Å².